The van der Waals surface area contributed by atoms with Gasteiger partial charge in [-0.25, -0.2) is 0 Å². The van der Waals surface area contributed by atoms with Crippen LogP contribution in [0.15, 0.2) is 42.5 Å². The fourth-order valence-corrected chi connectivity index (χ4v) is 2.34. The summed E-state index contributed by atoms with van der Waals surface area (Å²) in [5, 5.41) is 2.89. The minimum atomic E-state index is -0.106. The maximum Gasteiger partial charge on any atom is 0.255 e. The summed E-state index contributed by atoms with van der Waals surface area (Å²) in [5.41, 5.74) is 2.58. The van der Waals surface area contributed by atoms with E-state index in [1.165, 1.54) is 5.56 Å². The van der Waals surface area contributed by atoms with Gasteiger partial charge in [-0.3, -0.25) is 4.79 Å². The van der Waals surface area contributed by atoms with Gasteiger partial charge in [0, 0.05) is 14.8 Å². The smallest absolute Gasteiger partial charge is 0.255 e. The highest BCUT2D eigenvalue weighted by Gasteiger charge is 2.08. The van der Waals surface area contributed by atoms with Gasteiger partial charge in [0.05, 0.1) is 6.10 Å². The molecule has 0 aromatic heterocycles. The number of carbonyl (C=O) groups excluding carboxylic acids is 1. The highest BCUT2D eigenvalue weighted by molar-refractivity contribution is 14.1. The lowest BCUT2D eigenvalue weighted by Gasteiger charge is -2.11. The van der Waals surface area contributed by atoms with Crippen molar-refractivity contribution >= 4 is 34.2 Å². The van der Waals surface area contributed by atoms with Gasteiger partial charge >= 0.3 is 0 Å². The van der Waals surface area contributed by atoms with Crippen LogP contribution < -0.4 is 10.1 Å². The minimum absolute atomic E-state index is 0.106. The highest BCUT2D eigenvalue weighted by Crippen LogP contribution is 2.19. The predicted octanol–water partition coefficient (Wildman–Crippen LogP) is 4.64. The molecule has 1 amide bonds. The number of rotatable bonds is 4. The number of aryl methyl sites for hydroxylation is 1. The molecule has 21 heavy (non-hydrogen) atoms. The molecule has 0 atom stereocenters. The molecule has 0 aliphatic heterocycles. The van der Waals surface area contributed by atoms with E-state index in [1.54, 1.807) is 0 Å². The predicted molar refractivity (Wildman–Crippen MR) is 94.1 cm³/mol. The Balaban J connectivity index is 2.06. The fraction of sp³-hybridized carbons (Fsp3) is 0.235. The number of hydrogen-bond donors (Lipinski definition) is 1. The number of anilines is 1. The van der Waals surface area contributed by atoms with E-state index in [0.29, 0.717) is 5.56 Å². The van der Waals surface area contributed by atoms with Crippen molar-refractivity contribution in [3.8, 4) is 5.75 Å². The molecule has 2 aromatic rings. The van der Waals surface area contributed by atoms with E-state index >= 15 is 0 Å². The lowest BCUT2D eigenvalue weighted by Crippen LogP contribution is -2.12. The van der Waals surface area contributed by atoms with E-state index < -0.39 is 0 Å². The zero-order chi connectivity index (χ0) is 15.4. The molecule has 0 spiro atoms. The second-order valence-electron chi connectivity index (χ2n) is 5.11. The SMILES string of the molecule is Cc1ccc(C(=O)Nc2ccc(OC(C)C)cc2)cc1I. The van der Waals surface area contributed by atoms with Crippen LogP contribution in [0.2, 0.25) is 0 Å². The van der Waals surface area contributed by atoms with Crippen LogP contribution in [0.5, 0.6) is 5.75 Å². The normalized spacial score (nSPS) is 10.5. The molecule has 1 N–H and O–H groups in total. The minimum Gasteiger partial charge on any atom is -0.491 e. The number of amides is 1. The molecule has 0 aliphatic carbocycles. The molecule has 0 aliphatic rings. The molecule has 0 unspecified atom stereocenters. The Bertz CT molecular complexity index is 636. The molecule has 0 heterocycles. The summed E-state index contributed by atoms with van der Waals surface area (Å²) in [6, 6.07) is 13.1. The zero-order valence-electron chi connectivity index (χ0n) is 12.3. The maximum atomic E-state index is 12.2. The molecule has 3 nitrogen and oxygen atoms in total. The Morgan fingerprint density at radius 2 is 1.81 bits per heavy atom. The lowest BCUT2D eigenvalue weighted by molar-refractivity contribution is 0.102. The average molecular weight is 395 g/mol. The molecule has 0 bridgehead atoms. The first-order chi connectivity index (χ1) is 9.95. The molecule has 0 radical (unpaired) electrons. The van der Waals surface area contributed by atoms with Crippen molar-refractivity contribution in [1.29, 1.82) is 0 Å². The summed E-state index contributed by atoms with van der Waals surface area (Å²) in [4.78, 5) is 12.2. The van der Waals surface area contributed by atoms with Crippen molar-refractivity contribution in [2.45, 2.75) is 26.9 Å². The van der Waals surface area contributed by atoms with E-state index in [-0.39, 0.29) is 12.0 Å². The first-order valence-electron chi connectivity index (χ1n) is 6.80. The van der Waals surface area contributed by atoms with Crippen LogP contribution >= 0.6 is 22.6 Å². The summed E-state index contributed by atoms with van der Waals surface area (Å²) in [7, 11) is 0. The topological polar surface area (TPSA) is 38.3 Å². The average Bonchev–Trinajstić information content (AvgIpc) is 2.43. The van der Waals surface area contributed by atoms with Gasteiger partial charge < -0.3 is 10.1 Å². The van der Waals surface area contributed by atoms with Crippen molar-refractivity contribution in [3.05, 3.63) is 57.2 Å². The quantitative estimate of drug-likeness (QED) is 0.767. The fourth-order valence-electron chi connectivity index (χ4n) is 1.83. The number of hydrogen-bond acceptors (Lipinski definition) is 2. The summed E-state index contributed by atoms with van der Waals surface area (Å²) < 4.78 is 6.66. The number of halogens is 1. The van der Waals surface area contributed by atoms with Gasteiger partial charge in [-0.05, 0) is 85.3 Å². The molecule has 110 valence electrons. The molecule has 2 aromatic carbocycles. The molecule has 0 saturated carbocycles. The van der Waals surface area contributed by atoms with Crippen molar-refractivity contribution < 1.29 is 9.53 Å². The molecular weight excluding hydrogens is 377 g/mol. The van der Waals surface area contributed by atoms with E-state index in [0.717, 1.165) is 15.0 Å². The van der Waals surface area contributed by atoms with Gasteiger partial charge in [-0.15, -0.1) is 0 Å². The third kappa shape index (κ3) is 4.46. The van der Waals surface area contributed by atoms with Crippen molar-refractivity contribution in [2.75, 3.05) is 5.32 Å². The van der Waals surface area contributed by atoms with Crippen molar-refractivity contribution in [1.82, 2.24) is 0 Å². The molecule has 2 rings (SSSR count). The van der Waals surface area contributed by atoms with Crippen molar-refractivity contribution in [3.63, 3.8) is 0 Å². The van der Waals surface area contributed by atoms with Gasteiger partial charge in [0.15, 0.2) is 0 Å². The summed E-state index contributed by atoms with van der Waals surface area (Å²) in [6.45, 7) is 5.99. The van der Waals surface area contributed by atoms with E-state index in [1.807, 2.05) is 63.2 Å². The summed E-state index contributed by atoms with van der Waals surface area (Å²) in [5.74, 6) is 0.693. The Morgan fingerprint density at radius 1 is 1.14 bits per heavy atom. The first kappa shape index (κ1) is 15.8. The lowest BCUT2D eigenvalue weighted by atomic mass is 10.1. The Kier molecular flexibility index (Phi) is 5.22. The largest absolute Gasteiger partial charge is 0.491 e. The monoisotopic (exact) mass is 395 g/mol. The molecule has 4 heteroatoms. The maximum absolute atomic E-state index is 12.2. The van der Waals surface area contributed by atoms with Crippen LogP contribution in [0.25, 0.3) is 0 Å². The van der Waals surface area contributed by atoms with Gasteiger partial charge in [0.2, 0.25) is 0 Å². The Morgan fingerprint density at radius 3 is 2.38 bits per heavy atom. The van der Waals surface area contributed by atoms with Crippen molar-refractivity contribution in [2.24, 2.45) is 0 Å². The number of nitrogens with one attached hydrogen (secondary N) is 1. The second-order valence-corrected chi connectivity index (χ2v) is 6.27. The number of carbonyl (C=O) groups is 1. The van der Waals surface area contributed by atoms with Crippen LogP contribution in [0, 0.1) is 10.5 Å². The van der Waals surface area contributed by atoms with Gasteiger partial charge in [0.25, 0.3) is 5.91 Å². The van der Waals surface area contributed by atoms with Crippen LogP contribution in [-0.4, -0.2) is 12.0 Å². The molecule has 0 fully saturated rings. The van der Waals surface area contributed by atoms with Crippen LogP contribution in [0.3, 0.4) is 0 Å². The first-order valence-corrected chi connectivity index (χ1v) is 7.88. The molecular formula is C17H18INO2. The third-order valence-electron chi connectivity index (χ3n) is 2.92. The van der Waals surface area contributed by atoms with Gasteiger partial charge in [0.1, 0.15) is 5.75 Å². The number of benzene rings is 2. The van der Waals surface area contributed by atoms with Crippen LogP contribution in [-0.2, 0) is 0 Å². The Hall–Kier alpha value is -1.56. The highest BCUT2D eigenvalue weighted by atomic mass is 127. The summed E-state index contributed by atoms with van der Waals surface area (Å²) in [6.07, 6.45) is 0.139. The number of ether oxygens (including phenoxy) is 1. The molecule has 0 saturated heterocycles. The van der Waals surface area contributed by atoms with E-state index in [9.17, 15) is 4.79 Å². The summed E-state index contributed by atoms with van der Waals surface area (Å²) >= 11 is 2.23. The zero-order valence-corrected chi connectivity index (χ0v) is 14.5. The third-order valence-corrected chi connectivity index (χ3v) is 4.08. The van der Waals surface area contributed by atoms with E-state index in [4.69, 9.17) is 4.74 Å². The van der Waals surface area contributed by atoms with E-state index in [2.05, 4.69) is 27.9 Å². The standard InChI is InChI=1S/C17H18INO2/c1-11(2)21-15-8-6-14(7-9-15)19-17(20)13-5-4-12(3)16(18)10-13/h4-11H,1-3H3,(H,19,20). The van der Waals surface area contributed by atoms with Crippen LogP contribution in [0.4, 0.5) is 5.69 Å². The van der Waals surface area contributed by atoms with Crippen LogP contribution in [0.1, 0.15) is 29.8 Å². The van der Waals surface area contributed by atoms with Gasteiger partial charge in [-0.1, -0.05) is 6.07 Å². The second kappa shape index (κ2) is 6.93. The Labute approximate surface area is 138 Å². The van der Waals surface area contributed by atoms with Gasteiger partial charge in [-0.2, -0.15) is 0 Å².